The van der Waals surface area contributed by atoms with Gasteiger partial charge in [0.05, 0.1) is 18.7 Å². The Morgan fingerprint density at radius 3 is 2.86 bits per heavy atom. The van der Waals surface area contributed by atoms with E-state index in [9.17, 15) is 0 Å². The van der Waals surface area contributed by atoms with Gasteiger partial charge in [-0.15, -0.1) is 0 Å². The molecule has 1 aromatic rings. The maximum Gasteiger partial charge on any atom is 0.187 e. The molecule has 0 unspecified atom stereocenters. The summed E-state index contributed by atoms with van der Waals surface area (Å²) >= 11 is 1.46. The van der Waals surface area contributed by atoms with E-state index >= 15 is 0 Å². The Labute approximate surface area is 88.0 Å². The predicted molar refractivity (Wildman–Crippen MR) is 59.2 cm³/mol. The highest BCUT2D eigenvalue weighted by Gasteiger charge is 2.13. The van der Waals surface area contributed by atoms with E-state index in [4.69, 9.17) is 11.0 Å². The Kier molecular flexibility index (Phi) is 3.72. The summed E-state index contributed by atoms with van der Waals surface area (Å²) in [4.78, 5) is 6.29. The molecular weight excluding hydrogens is 196 g/mol. The van der Waals surface area contributed by atoms with E-state index in [1.807, 2.05) is 0 Å². The highest BCUT2D eigenvalue weighted by molar-refractivity contribution is 7.19. The number of nitriles is 1. The molecule has 0 aromatic carbocycles. The molecule has 0 aliphatic carbocycles. The van der Waals surface area contributed by atoms with Crippen LogP contribution in [0.3, 0.4) is 0 Å². The first-order valence-corrected chi connectivity index (χ1v) is 5.31. The SMILES string of the molecule is CC(C)N(CCC#N)c1ncc(N)s1. The lowest BCUT2D eigenvalue weighted by Gasteiger charge is -2.24. The van der Waals surface area contributed by atoms with Gasteiger partial charge < -0.3 is 10.6 Å². The molecule has 14 heavy (non-hydrogen) atoms. The molecule has 0 atom stereocenters. The quantitative estimate of drug-likeness (QED) is 0.823. The zero-order valence-corrected chi connectivity index (χ0v) is 9.21. The van der Waals surface area contributed by atoms with Crippen molar-refractivity contribution in [2.45, 2.75) is 26.3 Å². The Balaban J connectivity index is 2.73. The summed E-state index contributed by atoms with van der Waals surface area (Å²) in [6.45, 7) is 4.87. The number of rotatable bonds is 4. The van der Waals surface area contributed by atoms with Gasteiger partial charge in [-0.1, -0.05) is 11.3 Å². The highest BCUT2D eigenvalue weighted by Crippen LogP contribution is 2.25. The van der Waals surface area contributed by atoms with Crippen LogP contribution in [0.4, 0.5) is 10.1 Å². The molecule has 0 fully saturated rings. The smallest absolute Gasteiger partial charge is 0.187 e. The summed E-state index contributed by atoms with van der Waals surface area (Å²) in [5.74, 6) is 0. The molecule has 4 nitrogen and oxygen atoms in total. The molecule has 5 heteroatoms. The fourth-order valence-electron chi connectivity index (χ4n) is 1.15. The van der Waals surface area contributed by atoms with Crippen molar-refractivity contribution in [3.05, 3.63) is 6.20 Å². The van der Waals surface area contributed by atoms with Crippen LogP contribution in [0.5, 0.6) is 0 Å². The van der Waals surface area contributed by atoms with Crippen LogP contribution >= 0.6 is 11.3 Å². The topological polar surface area (TPSA) is 65.9 Å². The van der Waals surface area contributed by atoms with Crippen molar-refractivity contribution in [3.8, 4) is 6.07 Å². The van der Waals surface area contributed by atoms with Crippen LogP contribution < -0.4 is 10.6 Å². The van der Waals surface area contributed by atoms with E-state index in [1.165, 1.54) is 11.3 Å². The molecule has 1 rings (SSSR count). The van der Waals surface area contributed by atoms with Crippen LogP contribution in [0.2, 0.25) is 0 Å². The molecule has 0 saturated heterocycles. The lowest BCUT2D eigenvalue weighted by molar-refractivity contribution is 0.684. The average Bonchev–Trinajstić information content (AvgIpc) is 2.52. The zero-order valence-electron chi connectivity index (χ0n) is 8.40. The summed E-state index contributed by atoms with van der Waals surface area (Å²) < 4.78 is 0. The van der Waals surface area contributed by atoms with Crippen molar-refractivity contribution >= 4 is 21.5 Å². The Morgan fingerprint density at radius 1 is 1.71 bits per heavy atom. The fraction of sp³-hybridized carbons (Fsp3) is 0.556. The number of nitrogens with zero attached hydrogens (tertiary/aromatic N) is 3. The third kappa shape index (κ3) is 2.60. The summed E-state index contributed by atoms with van der Waals surface area (Å²) in [7, 11) is 0. The second-order valence-electron chi connectivity index (χ2n) is 3.24. The lowest BCUT2D eigenvalue weighted by atomic mass is 10.3. The molecule has 0 spiro atoms. The number of aromatic nitrogens is 1. The zero-order chi connectivity index (χ0) is 10.6. The molecule has 0 radical (unpaired) electrons. The number of nitrogens with two attached hydrogens (primary N) is 1. The number of nitrogen functional groups attached to an aromatic ring is 1. The minimum absolute atomic E-state index is 0.342. The van der Waals surface area contributed by atoms with Crippen LogP contribution in [0.15, 0.2) is 6.20 Å². The highest BCUT2D eigenvalue weighted by atomic mass is 32.1. The summed E-state index contributed by atoms with van der Waals surface area (Å²) in [5.41, 5.74) is 5.61. The van der Waals surface area contributed by atoms with Gasteiger partial charge in [-0.25, -0.2) is 4.98 Å². The van der Waals surface area contributed by atoms with Crippen LogP contribution in [0.1, 0.15) is 20.3 Å². The third-order valence-electron chi connectivity index (χ3n) is 1.84. The van der Waals surface area contributed by atoms with Crippen LogP contribution in [0, 0.1) is 11.3 Å². The first-order valence-electron chi connectivity index (χ1n) is 4.50. The molecule has 0 saturated carbocycles. The fourth-order valence-corrected chi connectivity index (χ4v) is 2.00. The van der Waals surface area contributed by atoms with E-state index < -0.39 is 0 Å². The van der Waals surface area contributed by atoms with Gasteiger partial charge in [0, 0.05) is 12.6 Å². The maximum atomic E-state index is 8.53. The molecular formula is C9H14N4S. The van der Waals surface area contributed by atoms with Crippen molar-refractivity contribution < 1.29 is 0 Å². The molecule has 1 heterocycles. The van der Waals surface area contributed by atoms with E-state index in [0.717, 1.165) is 5.13 Å². The van der Waals surface area contributed by atoms with E-state index in [2.05, 4.69) is 29.8 Å². The molecule has 1 aromatic heterocycles. The first kappa shape index (κ1) is 10.8. The maximum absolute atomic E-state index is 8.53. The Hall–Kier alpha value is -1.28. The molecule has 76 valence electrons. The third-order valence-corrected chi connectivity index (χ3v) is 2.71. The molecule has 0 aliphatic rings. The van der Waals surface area contributed by atoms with Gasteiger partial charge in [0.2, 0.25) is 0 Å². The lowest BCUT2D eigenvalue weighted by Crippen LogP contribution is -2.31. The largest absolute Gasteiger partial charge is 0.389 e. The molecule has 0 aliphatic heterocycles. The molecule has 0 bridgehead atoms. The van der Waals surface area contributed by atoms with Crippen molar-refractivity contribution in [2.24, 2.45) is 0 Å². The molecule has 2 N–H and O–H groups in total. The monoisotopic (exact) mass is 210 g/mol. The number of hydrogen-bond acceptors (Lipinski definition) is 5. The van der Waals surface area contributed by atoms with Crippen molar-refractivity contribution in [3.63, 3.8) is 0 Å². The Morgan fingerprint density at radius 2 is 2.43 bits per heavy atom. The van der Waals surface area contributed by atoms with Gasteiger partial charge in [-0.3, -0.25) is 0 Å². The first-order chi connectivity index (χ1) is 6.65. The number of thiazole rings is 1. The van der Waals surface area contributed by atoms with E-state index in [0.29, 0.717) is 24.0 Å². The standard InChI is InChI=1S/C9H14N4S/c1-7(2)13(5-3-4-10)9-12-6-8(11)14-9/h6-7H,3,5,11H2,1-2H3. The second-order valence-corrected chi connectivity index (χ2v) is 4.28. The summed E-state index contributed by atoms with van der Waals surface area (Å²) in [5, 5.41) is 10.1. The van der Waals surface area contributed by atoms with Crippen LogP contribution in [0.25, 0.3) is 0 Å². The van der Waals surface area contributed by atoms with Crippen molar-refractivity contribution in [2.75, 3.05) is 17.2 Å². The summed E-state index contributed by atoms with van der Waals surface area (Å²) in [6.07, 6.45) is 2.17. The van der Waals surface area contributed by atoms with Gasteiger partial charge in [0.15, 0.2) is 5.13 Å². The molecule has 0 amide bonds. The number of anilines is 2. The van der Waals surface area contributed by atoms with Crippen LogP contribution in [-0.2, 0) is 0 Å². The van der Waals surface area contributed by atoms with Gasteiger partial charge >= 0.3 is 0 Å². The van der Waals surface area contributed by atoms with E-state index in [1.54, 1.807) is 6.20 Å². The van der Waals surface area contributed by atoms with Gasteiger partial charge in [-0.05, 0) is 13.8 Å². The van der Waals surface area contributed by atoms with Crippen LogP contribution in [-0.4, -0.2) is 17.6 Å². The van der Waals surface area contributed by atoms with E-state index in [-0.39, 0.29) is 0 Å². The van der Waals surface area contributed by atoms with Gasteiger partial charge in [0.1, 0.15) is 5.00 Å². The predicted octanol–water partition coefficient (Wildman–Crippen LogP) is 1.85. The average molecular weight is 210 g/mol. The second kappa shape index (κ2) is 4.82. The summed E-state index contributed by atoms with van der Waals surface area (Å²) in [6, 6.07) is 2.48. The Bertz CT molecular complexity index is 326. The minimum atomic E-state index is 0.342. The normalized spacial score (nSPS) is 10.1. The van der Waals surface area contributed by atoms with Crippen molar-refractivity contribution in [1.29, 1.82) is 5.26 Å². The van der Waals surface area contributed by atoms with Gasteiger partial charge in [-0.2, -0.15) is 5.26 Å². The van der Waals surface area contributed by atoms with Gasteiger partial charge in [0.25, 0.3) is 0 Å². The van der Waals surface area contributed by atoms with Crippen molar-refractivity contribution in [1.82, 2.24) is 4.98 Å². The number of hydrogen-bond donors (Lipinski definition) is 1. The minimum Gasteiger partial charge on any atom is -0.389 e.